The molecule has 11 heavy (non-hydrogen) atoms. The number of amides is 1. The second-order valence-corrected chi connectivity index (χ2v) is 4.19. The van der Waals surface area contributed by atoms with Gasteiger partial charge in [0.15, 0.2) is 0 Å². The predicted octanol–water partition coefficient (Wildman–Crippen LogP) is 1.24. The highest BCUT2D eigenvalue weighted by molar-refractivity contribution is 7.99. The Hall–Kier alpha value is -0.380. The summed E-state index contributed by atoms with van der Waals surface area (Å²) in [6, 6.07) is 0.632. The molecule has 62 valence electrons. The van der Waals surface area contributed by atoms with Crippen LogP contribution in [0, 0.1) is 0 Å². The van der Waals surface area contributed by atoms with Gasteiger partial charge in [0.1, 0.15) is 0 Å². The summed E-state index contributed by atoms with van der Waals surface area (Å²) < 4.78 is 0. The lowest BCUT2D eigenvalue weighted by molar-refractivity contribution is 0.128. The fraction of sp³-hybridized carbons (Fsp3) is 0.857. The van der Waals surface area contributed by atoms with Crippen molar-refractivity contribution in [1.82, 2.24) is 4.90 Å². The Morgan fingerprint density at radius 3 is 2.27 bits per heavy atom. The van der Waals surface area contributed by atoms with Crippen molar-refractivity contribution in [2.24, 2.45) is 0 Å². The minimum Gasteiger partial charge on any atom is -0.465 e. The van der Waals surface area contributed by atoms with Crippen LogP contribution in [-0.4, -0.2) is 39.7 Å². The van der Waals surface area contributed by atoms with Crippen molar-refractivity contribution in [3.05, 3.63) is 0 Å². The van der Waals surface area contributed by atoms with Crippen LogP contribution < -0.4 is 0 Å². The van der Waals surface area contributed by atoms with E-state index in [0.29, 0.717) is 12.1 Å². The maximum Gasteiger partial charge on any atom is 0.407 e. The fourth-order valence-corrected chi connectivity index (χ4v) is 3.28. The number of carbonyl (C=O) groups is 1. The van der Waals surface area contributed by atoms with Crippen molar-refractivity contribution in [1.29, 1.82) is 0 Å². The number of nitrogens with zero attached hydrogens (tertiary/aromatic N) is 1. The average Bonchev–Trinajstić information content (AvgIpc) is 2.23. The molecular weight excluding hydrogens is 162 g/mol. The highest BCUT2D eigenvalue weighted by Crippen LogP contribution is 2.33. The summed E-state index contributed by atoms with van der Waals surface area (Å²) in [6.45, 7) is 0. The molecular formula is C7H11NO2S. The molecule has 0 unspecified atom stereocenters. The van der Waals surface area contributed by atoms with Crippen LogP contribution in [-0.2, 0) is 0 Å². The molecule has 0 aliphatic carbocycles. The molecule has 2 aliphatic rings. The van der Waals surface area contributed by atoms with Gasteiger partial charge in [-0.05, 0) is 12.8 Å². The van der Waals surface area contributed by atoms with Crippen molar-refractivity contribution in [2.45, 2.75) is 24.9 Å². The largest absolute Gasteiger partial charge is 0.465 e. The Bertz CT molecular complexity index is 169. The number of rotatable bonds is 0. The van der Waals surface area contributed by atoms with Crippen LogP contribution >= 0.6 is 11.8 Å². The first-order valence-corrected chi connectivity index (χ1v) is 5.03. The first-order valence-electron chi connectivity index (χ1n) is 3.88. The average molecular weight is 173 g/mol. The first kappa shape index (κ1) is 7.28. The molecule has 0 aromatic carbocycles. The van der Waals surface area contributed by atoms with Crippen molar-refractivity contribution in [3.63, 3.8) is 0 Å². The van der Waals surface area contributed by atoms with Gasteiger partial charge in [0.2, 0.25) is 0 Å². The summed E-state index contributed by atoms with van der Waals surface area (Å²) in [5, 5.41) is 8.84. The Balaban J connectivity index is 2.15. The molecule has 2 atom stereocenters. The minimum absolute atomic E-state index is 0.316. The van der Waals surface area contributed by atoms with Crippen molar-refractivity contribution in [3.8, 4) is 0 Å². The molecule has 1 amide bonds. The van der Waals surface area contributed by atoms with Crippen LogP contribution in [0.4, 0.5) is 4.79 Å². The van der Waals surface area contributed by atoms with Gasteiger partial charge in [-0.25, -0.2) is 4.79 Å². The van der Waals surface area contributed by atoms with Crippen LogP contribution in [0.5, 0.6) is 0 Å². The quantitative estimate of drug-likeness (QED) is 0.599. The van der Waals surface area contributed by atoms with E-state index in [1.165, 1.54) is 0 Å². The number of hydrogen-bond acceptors (Lipinski definition) is 2. The lowest BCUT2D eigenvalue weighted by Crippen LogP contribution is -2.45. The number of thioether (sulfide) groups is 1. The highest BCUT2D eigenvalue weighted by atomic mass is 32.2. The number of fused-ring (bicyclic) bond motifs is 2. The zero-order valence-corrected chi connectivity index (χ0v) is 7.01. The van der Waals surface area contributed by atoms with Crippen molar-refractivity contribution < 1.29 is 9.90 Å². The first-order chi connectivity index (χ1) is 5.29. The molecule has 2 saturated heterocycles. The normalized spacial score (nSPS) is 35.8. The third kappa shape index (κ3) is 1.09. The summed E-state index contributed by atoms with van der Waals surface area (Å²) in [5.41, 5.74) is 0. The molecule has 3 nitrogen and oxygen atoms in total. The fourth-order valence-electron chi connectivity index (χ4n) is 1.94. The summed E-state index contributed by atoms with van der Waals surface area (Å²) in [6.07, 6.45) is 1.42. The van der Waals surface area contributed by atoms with Crippen LogP contribution in [0.25, 0.3) is 0 Å². The van der Waals surface area contributed by atoms with Crippen LogP contribution in [0.1, 0.15) is 12.8 Å². The van der Waals surface area contributed by atoms with Crippen LogP contribution in [0.3, 0.4) is 0 Å². The summed E-state index contributed by atoms with van der Waals surface area (Å²) >= 11 is 1.89. The third-order valence-corrected chi connectivity index (χ3v) is 3.70. The molecule has 2 aliphatic heterocycles. The molecule has 2 rings (SSSR count). The highest BCUT2D eigenvalue weighted by Gasteiger charge is 2.39. The molecule has 0 spiro atoms. The Morgan fingerprint density at radius 2 is 1.91 bits per heavy atom. The lowest BCUT2D eigenvalue weighted by atomic mass is 10.2. The summed E-state index contributed by atoms with van der Waals surface area (Å²) in [5.74, 6) is 2.01. The molecule has 1 N–H and O–H groups in total. The molecule has 2 bridgehead atoms. The number of carboxylic acid groups (broad SMARTS) is 1. The summed E-state index contributed by atoms with van der Waals surface area (Å²) in [4.78, 5) is 12.4. The van der Waals surface area contributed by atoms with Gasteiger partial charge in [-0.15, -0.1) is 0 Å². The molecule has 2 fully saturated rings. The van der Waals surface area contributed by atoms with E-state index in [9.17, 15) is 4.79 Å². The van der Waals surface area contributed by atoms with Gasteiger partial charge >= 0.3 is 6.09 Å². The van der Waals surface area contributed by atoms with Crippen molar-refractivity contribution >= 4 is 17.9 Å². The SMILES string of the molecule is O=C(O)N1[C@@H]2CC[C@H]1CSC2. The topological polar surface area (TPSA) is 40.5 Å². The van der Waals surface area contributed by atoms with Gasteiger partial charge < -0.3 is 10.0 Å². The molecule has 0 radical (unpaired) electrons. The Labute approximate surface area is 69.8 Å². The van der Waals surface area contributed by atoms with Gasteiger partial charge in [0, 0.05) is 23.6 Å². The van der Waals surface area contributed by atoms with Gasteiger partial charge in [0.25, 0.3) is 0 Å². The van der Waals surface area contributed by atoms with E-state index in [4.69, 9.17) is 5.11 Å². The van der Waals surface area contributed by atoms with Gasteiger partial charge in [-0.3, -0.25) is 0 Å². The van der Waals surface area contributed by atoms with E-state index in [-0.39, 0.29) is 0 Å². The maximum atomic E-state index is 10.7. The van der Waals surface area contributed by atoms with E-state index in [1.54, 1.807) is 4.90 Å². The molecule has 4 heteroatoms. The number of hydrogen-bond donors (Lipinski definition) is 1. The second-order valence-electron chi connectivity index (χ2n) is 3.11. The van der Waals surface area contributed by atoms with Gasteiger partial charge in [-0.2, -0.15) is 11.8 Å². The summed E-state index contributed by atoms with van der Waals surface area (Å²) in [7, 11) is 0. The predicted molar refractivity (Wildman–Crippen MR) is 44.0 cm³/mol. The second kappa shape index (κ2) is 2.59. The molecule has 0 saturated carbocycles. The van der Waals surface area contributed by atoms with Crippen molar-refractivity contribution in [2.75, 3.05) is 11.5 Å². The van der Waals surface area contributed by atoms with E-state index < -0.39 is 6.09 Å². The zero-order chi connectivity index (χ0) is 7.84. The molecule has 0 aromatic rings. The lowest BCUT2D eigenvalue weighted by Gasteiger charge is -2.31. The zero-order valence-electron chi connectivity index (χ0n) is 6.19. The monoisotopic (exact) mass is 173 g/mol. The molecule has 0 aromatic heterocycles. The Morgan fingerprint density at radius 1 is 1.36 bits per heavy atom. The van der Waals surface area contributed by atoms with E-state index in [0.717, 1.165) is 24.3 Å². The van der Waals surface area contributed by atoms with Gasteiger partial charge in [0.05, 0.1) is 0 Å². The smallest absolute Gasteiger partial charge is 0.407 e. The standard InChI is InChI=1S/C7H11NO2S/c9-7(10)8-5-1-2-6(8)4-11-3-5/h5-6H,1-4H2,(H,9,10)/t5-,6+. The minimum atomic E-state index is -0.724. The van der Waals surface area contributed by atoms with Gasteiger partial charge in [-0.1, -0.05) is 0 Å². The Kier molecular flexibility index (Phi) is 1.71. The van der Waals surface area contributed by atoms with E-state index >= 15 is 0 Å². The van der Waals surface area contributed by atoms with Crippen LogP contribution in [0.2, 0.25) is 0 Å². The van der Waals surface area contributed by atoms with E-state index in [1.807, 2.05) is 11.8 Å². The van der Waals surface area contributed by atoms with Crippen LogP contribution in [0.15, 0.2) is 0 Å². The third-order valence-electron chi connectivity index (χ3n) is 2.46. The van der Waals surface area contributed by atoms with E-state index in [2.05, 4.69) is 0 Å². The molecule has 2 heterocycles. The maximum absolute atomic E-state index is 10.7.